The zero-order chi connectivity index (χ0) is 30.5. The van der Waals surface area contributed by atoms with Crippen LogP contribution in [0.2, 0.25) is 5.02 Å². The van der Waals surface area contributed by atoms with Crippen molar-refractivity contribution in [2.45, 2.75) is 26.7 Å². The van der Waals surface area contributed by atoms with E-state index in [9.17, 15) is 9.59 Å². The SMILES string of the molecule is COc1cc(C)c(-c2nc3ccccc3c(=O)n2N=Cc2ccc(OCC(=O)Nc3ccccc3)c(Cl)c2)cc1C(C)C. The van der Waals surface area contributed by atoms with Crippen LogP contribution in [0.4, 0.5) is 5.69 Å². The van der Waals surface area contributed by atoms with Crippen LogP contribution in [0.3, 0.4) is 0 Å². The van der Waals surface area contributed by atoms with Crippen molar-refractivity contribution >= 4 is 40.3 Å². The molecule has 9 heteroatoms. The van der Waals surface area contributed by atoms with Crippen molar-refractivity contribution in [3.05, 3.63) is 117 Å². The largest absolute Gasteiger partial charge is 0.496 e. The Kier molecular flexibility index (Phi) is 8.87. The maximum Gasteiger partial charge on any atom is 0.282 e. The van der Waals surface area contributed by atoms with E-state index in [1.807, 2.05) is 49.4 Å². The zero-order valence-electron chi connectivity index (χ0n) is 24.3. The minimum atomic E-state index is -0.307. The van der Waals surface area contributed by atoms with Gasteiger partial charge in [0.2, 0.25) is 0 Å². The minimum absolute atomic E-state index is 0.186. The van der Waals surface area contributed by atoms with Gasteiger partial charge in [0.15, 0.2) is 12.4 Å². The molecule has 4 aromatic carbocycles. The number of anilines is 1. The first kappa shape index (κ1) is 29.5. The van der Waals surface area contributed by atoms with Crippen LogP contribution < -0.4 is 20.3 Å². The minimum Gasteiger partial charge on any atom is -0.496 e. The fraction of sp³-hybridized carbons (Fsp3) is 0.176. The monoisotopic (exact) mass is 594 g/mol. The fourth-order valence-electron chi connectivity index (χ4n) is 4.67. The van der Waals surface area contributed by atoms with E-state index in [4.69, 9.17) is 26.1 Å². The van der Waals surface area contributed by atoms with Gasteiger partial charge >= 0.3 is 0 Å². The van der Waals surface area contributed by atoms with Crippen molar-refractivity contribution in [2.75, 3.05) is 19.0 Å². The molecule has 1 heterocycles. The van der Waals surface area contributed by atoms with Crippen LogP contribution in [-0.4, -0.2) is 35.5 Å². The molecule has 0 radical (unpaired) electrons. The number of methoxy groups -OCH3 is 1. The number of fused-ring (bicyclic) bond motifs is 1. The van der Waals surface area contributed by atoms with Crippen LogP contribution >= 0.6 is 11.6 Å². The quantitative estimate of drug-likeness (QED) is 0.184. The van der Waals surface area contributed by atoms with E-state index in [-0.39, 0.29) is 24.0 Å². The number of ether oxygens (including phenoxy) is 2. The summed E-state index contributed by atoms with van der Waals surface area (Å²) in [5.41, 5.74) is 4.27. The molecule has 218 valence electrons. The highest BCUT2D eigenvalue weighted by Crippen LogP contribution is 2.34. The Bertz CT molecular complexity index is 1880. The van der Waals surface area contributed by atoms with E-state index in [1.54, 1.807) is 55.8 Å². The molecule has 5 rings (SSSR count). The lowest BCUT2D eigenvalue weighted by atomic mass is 9.96. The second-order valence-electron chi connectivity index (χ2n) is 10.3. The number of carbonyl (C=O) groups excluding carboxylic acids is 1. The Morgan fingerprint density at radius 3 is 2.49 bits per heavy atom. The molecule has 1 aromatic heterocycles. The molecular weight excluding hydrogens is 564 g/mol. The van der Waals surface area contributed by atoms with Crippen molar-refractivity contribution in [1.29, 1.82) is 0 Å². The van der Waals surface area contributed by atoms with Gasteiger partial charge in [-0.3, -0.25) is 9.59 Å². The lowest BCUT2D eigenvalue weighted by Gasteiger charge is -2.17. The summed E-state index contributed by atoms with van der Waals surface area (Å²) in [6, 6.07) is 25.3. The molecule has 0 fully saturated rings. The summed E-state index contributed by atoms with van der Waals surface area (Å²) in [6.45, 7) is 5.92. The second-order valence-corrected chi connectivity index (χ2v) is 10.7. The van der Waals surface area contributed by atoms with Crippen LogP contribution in [-0.2, 0) is 4.79 Å². The maximum atomic E-state index is 13.7. The fourth-order valence-corrected chi connectivity index (χ4v) is 4.92. The van der Waals surface area contributed by atoms with Gasteiger partial charge in [-0.25, -0.2) is 4.98 Å². The van der Waals surface area contributed by atoms with Crippen LogP contribution in [0, 0.1) is 6.92 Å². The third-order valence-corrected chi connectivity index (χ3v) is 7.18. The van der Waals surface area contributed by atoms with E-state index in [2.05, 4.69) is 24.3 Å². The number of hydrogen-bond acceptors (Lipinski definition) is 6. The van der Waals surface area contributed by atoms with Gasteiger partial charge in [-0.2, -0.15) is 9.78 Å². The first-order valence-corrected chi connectivity index (χ1v) is 14.1. The lowest BCUT2D eigenvalue weighted by Crippen LogP contribution is -2.21. The highest BCUT2D eigenvalue weighted by atomic mass is 35.5. The number of para-hydroxylation sites is 2. The van der Waals surface area contributed by atoms with Gasteiger partial charge in [0.25, 0.3) is 11.5 Å². The average molecular weight is 595 g/mol. The maximum absolute atomic E-state index is 13.7. The van der Waals surface area contributed by atoms with Gasteiger partial charge in [0.1, 0.15) is 11.5 Å². The molecule has 1 amide bonds. The van der Waals surface area contributed by atoms with E-state index >= 15 is 0 Å². The van der Waals surface area contributed by atoms with Crippen molar-refractivity contribution in [3.63, 3.8) is 0 Å². The van der Waals surface area contributed by atoms with Gasteiger partial charge in [0.05, 0.1) is 29.2 Å². The Morgan fingerprint density at radius 2 is 1.77 bits per heavy atom. The van der Waals surface area contributed by atoms with Crippen molar-refractivity contribution in [1.82, 2.24) is 9.66 Å². The summed E-state index contributed by atoms with van der Waals surface area (Å²) in [5.74, 6) is 1.42. The Morgan fingerprint density at radius 1 is 1.02 bits per heavy atom. The van der Waals surface area contributed by atoms with E-state index in [0.717, 1.165) is 22.4 Å². The van der Waals surface area contributed by atoms with Crippen molar-refractivity contribution in [2.24, 2.45) is 5.10 Å². The third-order valence-electron chi connectivity index (χ3n) is 6.89. The predicted molar refractivity (Wildman–Crippen MR) is 172 cm³/mol. The standard InChI is InChI=1S/C34H31ClN4O4/c1-21(2)26-18-27(22(3)16-31(26)42-4)33-38-29-13-9-8-12-25(29)34(41)39(33)36-19-23-14-15-30(28(35)17-23)43-20-32(40)37-24-10-6-5-7-11-24/h5-19,21H,20H2,1-4H3,(H,37,40). The van der Waals surface area contributed by atoms with Gasteiger partial charge in [-0.05, 0) is 84.1 Å². The number of nitrogens with zero attached hydrogens (tertiary/aromatic N) is 3. The van der Waals surface area contributed by atoms with E-state index in [1.165, 1.54) is 4.68 Å². The molecule has 0 atom stereocenters. The second kappa shape index (κ2) is 12.9. The first-order valence-electron chi connectivity index (χ1n) is 13.8. The summed E-state index contributed by atoms with van der Waals surface area (Å²) in [7, 11) is 1.65. The summed E-state index contributed by atoms with van der Waals surface area (Å²) >= 11 is 6.48. The number of rotatable bonds is 9. The molecule has 1 N–H and O–H groups in total. The van der Waals surface area contributed by atoms with Crippen LogP contribution in [0.15, 0.2) is 94.8 Å². The number of carbonyl (C=O) groups is 1. The topological polar surface area (TPSA) is 94.8 Å². The molecular formula is C34H31ClN4O4. The molecule has 0 aliphatic carbocycles. The molecule has 0 aliphatic heterocycles. The van der Waals surface area contributed by atoms with Gasteiger partial charge in [-0.15, -0.1) is 0 Å². The number of aryl methyl sites for hydroxylation is 1. The molecule has 0 saturated carbocycles. The number of aromatic nitrogens is 2. The van der Waals surface area contributed by atoms with Gasteiger partial charge < -0.3 is 14.8 Å². The molecule has 0 spiro atoms. The summed E-state index contributed by atoms with van der Waals surface area (Å²) in [4.78, 5) is 30.8. The molecule has 5 aromatic rings. The molecule has 8 nitrogen and oxygen atoms in total. The van der Waals surface area contributed by atoms with Gasteiger partial charge in [0, 0.05) is 11.3 Å². The number of nitrogens with one attached hydrogen (secondary N) is 1. The number of hydrogen-bond donors (Lipinski definition) is 1. The van der Waals surface area contributed by atoms with Crippen molar-refractivity contribution < 1.29 is 14.3 Å². The third kappa shape index (κ3) is 6.60. The van der Waals surface area contributed by atoms with Crippen molar-refractivity contribution in [3.8, 4) is 22.9 Å². The van der Waals surface area contributed by atoms with E-state index in [0.29, 0.717) is 38.8 Å². The van der Waals surface area contributed by atoms with Crippen LogP contribution in [0.5, 0.6) is 11.5 Å². The zero-order valence-corrected chi connectivity index (χ0v) is 25.1. The molecule has 0 aliphatic rings. The molecule has 0 bridgehead atoms. The van der Waals surface area contributed by atoms with E-state index < -0.39 is 0 Å². The smallest absolute Gasteiger partial charge is 0.282 e. The van der Waals surface area contributed by atoms with Crippen LogP contribution in [0.25, 0.3) is 22.3 Å². The highest BCUT2D eigenvalue weighted by Gasteiger charge is 2.18. The van der Waals surface area contributed by atoms with Gasteiger partial charge in [-0.1, -0.05) is 55.8 Å². The number of halogens is 1. The first-order chi connectivity index (χ1) is 20.7. The Labute approximate surface area is 254 Å². The average Bonchev–Trinajstić information content (AvgIpc) is 3.00. The highest BCUT2D eigenvalue weighted by molar-refractivity contribution is 6.32. The molecule has 43 heavy (non-hydrogen) atoms. The summed E-state index contributed by atoms with van der Waals surface area (Å²) in [5, 5.41) is 8.09. The van der Waals surface area contributed by atoms with Crippen LogP contribution in [0.1, 0.15) is 36.5 Å². The number of benzene rings is 4. The summed E-state index contributed by atoms with van der Waals surface area (Å²) < 4.78 is 12.6. The Balaban J connectivity index is 1.46. The lowest BCUT2D eigenvalue weighted by molar-refractivity contribution is -0.118. The summed E-state index contributed by atoms with van der Waals surface area (Å²) in [6.07, 6.45) is 1.54. The number of amides is 1. The normalized spacial score (nSPS) is 11.3. The predicted octanol–water partition coefficient (Wildman–Crippen LogP) is 7.06. The molecule has 0 saturated heterocycles. The Hall–Kier alpha value is -4.95. The molecule has 0 unspecified atom stereocenters.